The zero-order valence-corrected chi connectivity index (χ0v) is 22.9. The molecule has 1 fully saturated rings. The van der Waals surface area contributed by atoms with E-state index in [1.54, 1.807) is 0 Å². The highest BCUT2D eigenvalue weighted by Crippen LogP contribution is 2.26. The predicted octanol–water partition coefficient (Wildman–Crippen LogP) is 4.65. The Morgan fingerprint density at radius 3 is 2.38 bits per heavy atom. The molecule has 0 spiro atoms. The van der Waals surface area contributed by atoms with Crippen molar-refractivity contribution in [1.29, 1.82) is 0 Å². The van der Waals surface area contributed by atoms with Gasteiger partial charge in [-0.3, -0.25) is 14.9 Å². The standard InChI is InChI=1S/C25H29N5O4S3/c1-2-3-6-18-7-11-20(12-8-18)26-22(31)17-35-25-29-28-24(36-25)27-23(32)19-9-13-21(14-10-19)37(33,34)30-15-4-5-16-30/h7-14H,2-6,15-17H2,1H3,(H,26,31)(H,27,28,32). The van der Waals surface area contributed by atoms with Crippen LogP contribution in [0.4, 0.5) is 10.8 Å². The molecule has 37 heavy (non-hydrogen) atoms. The molecule has 0 unspecified atom stereocenters. The summed E-state index contributed by atoms with van der Waals surface area (Å²) in [5.41, 5.74) is 2.31. The Balaban J connectivity index is 1.26. The van der Waals surface area contributed by atoms with Crippen molar-refractivity contribution in [3.63, 3.8) is 0 Å². The third-order valence-corrected chi connectivity index (χ3v) is 9.71. The average molecular weight is 560 g/mol. The molecule has 196 valence electrons. The molecule has 0 atom stereocenters. The van der Waals surface area contributed by atoms with Gasteiger partial charge in [0, 0.05) is 24.3 Å². The van der Waals surface area contributed by atoms with Crippen LogP contribution in [0.3, 0.4) is 0 Å². The van der Waals surface area contributed by atoms with Gasteiger partial charge in [-0.1, -0.05) is 48.6 Å². The van der Waals surface area contributed by atoms with E-state index in [0.717, 1.165) is 49.1 Å². The number of sulfonamides is 1. The minimum Gasteiger partial charge on any atom is -0.325 e. The van der Waals surface area contributed by atoms with Crippen molar-refractivity contribution in [2.45, 2.75) is 48.3 Å². The molecule has 12 heteroatoms. The topological polar surface area (TPSA) is 121 Å². The molecule has 3 aromatic rings. The Labute approximate surface area is 225 Å². The van der Waals surface area contributed by atoms with Crippen LogP contribution < -0.4 is 10.6 Å². The van der Waals surface area contributed by atoms with E-state index < -0.39 is 15.9 Å². The highest BCUT2D eigenvalue weighted by Gasteiger charge is 2.27. The average Bonchev–Trinajstić information content (AvgIpc) is 3.60. The van der Waals surface area contributed by atoms with Crippen molar-refractivity contribution in [1.82, 2.24) is 14.5 Å². The number of aromatic nitrogens is 2. The van der Waals surface area contributed by atoms with Crippen molar-refractivity contribution in [3.8, 4) is 0 Å². The highest BCUT2D eigenvalue weighted by atomic mass is 32.2. The zero-order valence-electron chi connectivity index (χ0n) is 20.5. The van der Waals surface area contributed by atoms with Crippen LogP contribution in [0.25, 0.3) is 0 Å². The van der Waals surface area contributed by atoms with Crippen LogP contribution in [0.2, 0.25) is 0 Å². The third-order valence-electron chi connectivity index (χ3n) is 5.83. The molecule has 2 heterocycles. The molecular weight excluding hydrogens is 531 g/mol. The number of aryl methyl sites for hydroxylation is 1. The zero-order chi connectivity index (χ0) is 26.3. The molecule has 0 aliphatic carbocycles. The second kappa shape index (κ2) is 12.6. The number of rotatable bonds is 11. The lowest BCUT2D eigenvalue weighted by molar-refractivity contribution is -0.113. The van der Waals surface area contributed by atoms with Gasteiger partial charge in [0.15, 0.2) is 4.34 Å². The summed E-state index contributed by atoms with van der Waals surface area (Å²) >= 11 is 2.40. The van der Waals surface area contributed by atoms with E-state index in [9.17, 15) is 18.0 Å². The van der Waals surface area contributed by atoms with Gasteiger partial charge in [0.1, 0.15) is 0 Å². The normalized spacial score (nSPS) is 14.0. The quantitative estimate of drug-likeness (QED) is 0.259. The fourth-order valence-electron chi connectivity index (χ4n) is 3.80. The fourth-order valence-corrected chi connectivity index (χ4v) is 6.87. The smallest absolute Gasteiger partial charge is 0.257 e. The lowest BCUT2D eigenvalue weighted by atomic mass is 10.1. The number of nitrogens with one attached hydrogen (secondary N) is 2. The van der Waals surface area contributed by atoms with Gasteiger partial charge in [0.05, 0.1) is 10.6 Å². The fraction of sp³-hybridized carbons (Fsp3) is 0.360. The Hall–Kier alpha value is -2.80. The molecule has 2 aromatic carbocycles. The Morgan fingerprint density at radius 1 is 1.00 bits per heavy atom. The van der Waals surface area contributed by atoms with Gasteiger partial charge in [-0.05, 0) is 67.6 Å². The van der Waals surface area contributed by atoms with Crippen molar-refractivity contribution >= 4 is 55.8 Å². The predicted molar refractivity (Wildman–Crippen MR) is 147 cm³/mol. The number of thioether (sulfide) groups is 1. The van der Waals surface area contributed by atoms with Gasteiger partial charge in [-0.2, -0.15) is 4.31 Å². The molecule has 1 aliphatic rings. The second-order valence-electron chi connectivity index (χ2n) is 8.60. The van der Waals surface area contributed by atoms with E-state index in [2.05, 4.69) is 27.8 Å². The summed E-state index contributed by atoms with van der Waals surface area (Å²) in [6.07, 6.45) is 5.04. The largest absolute Gasteiger partial charge is 0.325 e. The van der Waals surface area contributed by atoms with Gasteiger partial charge in [-0.25, -0.2) is 8.42 Å². The van der Waals surface area contributed by atoms with Crippen LogP contribution in [0, 0.1) is 0 Å². The van der Waals surface area contributed by atoms with Crippen LogP contribution in [0.1, 0.15) is 48.5 Å². The van der Waals surface area contributed by atoms with Crippen LogP contribution in [0.5, 0.6) is 0 Å². The van der Waals surface area contributed by atoms with Crippen LogP contribution in [-0.4, -0.2) is 53.6 Å². The molecule has 1 aliphatic heterocycles. The number of carbonyl (C=O) groups excluding carboxylic acids is 2. The number of carbonyl (C=O) groups is 2. The van der Waals surface area contributed by atoms with Gasteiger partial charge in [0.2, 0.25) is 21.1 Å². The molecule has 0 saturated carbocycles. The summed E-state index contributed by atoms with van der Waals surface area (Å²) in [7, 11) is -3.53. The maximum absolute atomic E-state index is 12.6. The Bertz CT molecular complexity index is 1320. The maximum atomic E-state index is 12.6. The van der Waals surface area contributed by atoms with E-state index >= 15 is 0 Å². The summed E-state index contributed by atoms with van der Waals surface area (Å²) in [4.78, 5) is 25.1. The van der Waals surface area contributed by atoms with Gasteiger partial charge in [0.25, 0.3) is 5.91 Å². The molecule has 1 aromatic heterocycles. The van der Waals surface area contributed by atoms with Gasteiger partial charge < -0.3 is 5.32 Å². The van der Waals surface area contributed by atoms with E-state index in [-0.39, 0.29) is 16.6 Å². The van der Waals surface area contributed by atoms with Crippen LogP contribution in [-0.2, 0) is 21.2 Å². The number of hydrogen-bond donors (Lipinski definition) is 2. The molecule has 1 saturated heterocycles. The summed E-state index contributed by atoms with van der Waals surface area (Å²) in [5, 5.41) is 13.8. The molecular formula is C25H29N5O4S3. The molecule has 9 nitrogen and oxygen atoms in total. The Morgan fingerprint density at radius 2 is 1.70 bits per heavy atom. The first-order valence-electron chi connectivity index (χ1n) is 12.1. The van der Waals surface area contributed by atoms with Gasteiger partial charge in [-0.15, -0.1) is 10.2 Å². The minimum absolute atomic E-state index is 0.156. The summed E-state index contributed by atoms with van der Waals surface area (Å²) < 4.78 is 27.3. The first-order valence-corrected chi connectivity index (χ1v) is 15.4. The van der Waals surface area contributed by atoms with Gasteiger partial charge >= 0.3 is 0 Å². The number of anilines is 2. The number of hydrogen-bond acceptors (Lipinski definition) is 8. The molecule has 4 rings (SSSR count). The third kappa shape index (κ3) is 7.37. The Kier molecular flexibility index (Phi) is 9.30. The highest BCUT2D eigenvalue weighted by molar-refractivity contribution is 8.01. The lowest BCUT2D eigenvalue weighted by Crippen LogP contribution is -2.27. The van der Waals surface area contributed by atoms with Crippen molar-refractivity contribution in [2.75, 3.05) is 29.5 Å². The first-order chi connectivity index (χ1) is 17.8. The van der Waals surface area contributed by atoms with Crippen molar-refractivity contribution in [2.24, 2.45) is 0 Å². The number of nitrogens with zero attached hydrogens (tertiary/aromatic N) is 3. The van der Waals surface area contributed by atoms with Crippen LogP contribution in [0.15, 0.2) is 57.8 Å². The SMILES string of the molecule is CCCCc1ccc(NC(=O)CSc2nnc(NC(=O)c3ccc(S(=O)(=O)N4CCCC4)cc3)s2)cc1. The minimum atomic E-state index is -3.53. The molecule has 0 radical (unpaired) electrons. The van der Waals surface area contributed by atoms with Crippen molar-refractivity contribution in [3.05, 3.63) is 59.7 Å². The monoisotopic (exact) mass is 559 g/mol. The number of amides is 2. The summed E-state index contributed by atoms with van der Waals surface area (Å²) in [6.45, 7) is 3.21. The number of benzene rings is 2. The number of unbranched alkanes of at least 4 members (excludes halogenated alkanes) is 1. The van der Waals surface area contributed by atoms with E-state index in [1.165, 1.54) is 45.9 Å². The molecule has 0 bridgehead atoms. The van der Waals surface area contributed by atoms with Crippen LogP contribution >= 0.6 is 23.1 Å². The molecule has 2 amide bonds. The second-order valence-corrected chi connectivity index (χ2v) is 12.7. The summed E-state index contributed by atoms with van der Waals surface area (Å²) in [6, 6.07) is 13.7. The van der Waals surface area contributed by atoms with E-state index in [1.807, 2.05) is 24.3 Å². The van der Waals surface area contributed by atoms with E-state index in [4.69, 9.17) is 0 Å². The first kappa shape index (κ1) is 27.2. The lowest BCUT2D eigenvalue weighted by Gasteiger charge is -2.15. The summed E-state index contributed by atoms with van der Waals surface area (Å²) in [5.74, 6) is -0.415. The van der Waals surface area contributed by atoms with Crippen molar-refractivity contribution < 1.29 is 18.0 Å². The van der Waals surface area contributed by atoms with E-state index in [0.29, 0.717) is 28.1 Å². The maximum Gasteiger partial charge on any atom is 0.257 e. The molecule has 2 N–H and O–H groups in total.